The van der Waals surface area contributed by atoms with Gasteiger partial charge in [-0.2, -0.15) is 4.98 Å². The first-order valence-electron chi connectivity index (χ1n) is 7.43. The Balaban J connectivity index is 2.31. The summed E-state index contributed by atoms with van der Waals surface area (Å²) in [5.74, 6) is 1.76. The molecule has 0 amide bonds. The highest BCUT2D eigenvalue weighted by molar-refractivity contribution is 5.62. The summed E-state index contributed by atoms with van der Waals surface area (Å²) in [5.41, 5.74) is 5.98. The Hall–Kier alpha value is -1.92. The average Bonchev–Trinajstić information content (AvgIpc) is 2.62. The Morgan fingerprint density at radius 1 is 1.33 bits per heavy atom. The van der Waals surface area contributed by atoms with Crippen LogP contribution in [0.4, 0.5) is 17.5 Å². The normalized spacial score (nSPS) is 19.6. The Kier molecular flexibility index (Phi) is 4.59. The van der Waals surface area contributed by atoms with Gasteiger partial charge < -0.3 is 10.6 Å². The van der Waals surface area contributed by atoms with Gasteiger partial charge in [-0.1, -0.05) is 13.8 Å². The molecule has 1 saturated heterocycles. The molecule has 0 saturated carbocycles. The third-order valence-electron chi connectivity index (χ3n) is 4.25. The quantitative estimate of drug-likeness (QED) is 0.679. The van der Waals surface area contributed by atoms with Crippen LogP contribution in [0.25, 0.3) is 0 Å². The number of anilines is 2. The fraction of sp³-hybridized carbons (Fsp3) is 0.714. The molecule has 0 radical (unpaired) electrons. The summed E-state index contributed by atoms with van der Waals surface area (Å²) in [7, 11) is 0. The van der Waals surface area contributed by atoms with E-state index in [1.165, 1.54) is 0 Å². The van der Waals surface area contributed by atoms with Gasteiger partial charge in [-0.15, -0.1) is 0 Å². The lowest BCUT2D eigenvalue weighted by Crippen LogP contribution is -2.27. The zero-order valence-electron chi connectivity index (χ0n) is 12.9. The lowest BCUT2D eigenvalue weighted by molar-refractivity contribution is -0.385. The molecule has 1 unspecified atom stereocenters. The third-order valence-corrected chi connectivity index (χ3v) is 4.25. The van der Waals surface area contributed by atoms with Crippen molar-refractivity contribution in [2.75, 3.05) is 23.7 Å². The maximum absolute atomic E-state index is 11.3. The second-order valence-electron chi connectivity index (χ2n) is 6.02. The maximum atomic E-state index is 11.3. The summed E-state index contributed by atoms with van der Waals surface area (Å²) in [5, 5.41) is 11.3. The van der Waals surface area contributed by atoms with Crippen LogP contribution in [-0.4, -0.2) is 28.0 Å². The topological polar surface area (TPSA) is 98.2 Å². The van der Waals surface area contributed by atoms with Gasteiger partial charge in [0.25, 0.3) is 0 Å². The standard InChI is InChI=1S/C14H23N5O2/c1-9(2)11-5-4-7-18(8-6-11)13-12(19(20)21)10(3)16-14(15)17-13/h9,11H,4-8H2,1-3H3,(H2,15,16,17). The number of nitrogen functional groups attached to an aromatic ring is 1. The number of nitro groups is 1. The predicted octanol–water partition coefficient (Wildman–Crippen LogP) is 2.54. The molecule has 2 rings (SSSR count). The van der Waals surface area contributed by atoms with Gasteiger partial charge in [-0.05, 0) is 38.0 Å². The lowest BCUT2D eigenvalue weighted by Gasteiger charge is -2.22. The Bertz CT molecular complexity index is 532. The lowest BCUT2D eigenvalue weighted by atomic mass is 9.89. The first-order chi connectivity index (χ1) is 9.90. The van der Waals surface area contributed by atoms with E-state index in [1.54, 1.807) is 6.92 Å². The average molecular weight is 293 g/mol. The molecule has 0 aromatic carbocycles. The van der Waals surface area contributed by atoms with Crippen LogP contribution in [0, 0.1) is 28.9 Å². The van der Waals surface area contributed by atoms with Crippen molar-refractivity contribution in [1.29, 1.82) is 0 Å². The number of rotatable bonds is 3. The van der Waals surface area contributed by atoms with Crippen LogP contribution < -0.4 is 10.6 Å². The van der Waals surface area contributed by atoms with Gasteiger partial charge >= 0.3 is 5.69 Å². The van der Waals surface area contributed by atoms with Gasteiger partial charge in [-0.25, -0.2) is 4.98 Å². The van der Waals surface area contributed by atoms with E-state index in [2.05, 4.69) is 23.8 Å². The molecule has 1 aromatic rings. The number of nitrogens with two attached hydrogens (primary N) is 1. The van der Waals surface area contributed by atoms with Crippen LogP contribution in [0.15, 0.2) is 0 Å². The van der Waals surface area contributed by atoms with Gasteiger partial charge in [0.15, 0.2) is 0 Å². The Morgan fingerprint density at radius 3 is 2.67 bits per heavy atom. The largest absolute Gasteiger partial charge is 0.368 e. The van der Waals surface area contributed by atoms with Gasteiger partial charge in [0, 0.05) is 13.1 Å². The van der Waals surface area contributed by atoms with Crippen LogP contribution in [0.1, 0.15) is 38.8 Å². The smallest absolute Gasteiger partial charge is 0.332 e. The number of aryl methyl sites for hydroxylation is 1. The summed E-state index contributed by atoms with van der Waals surface area (Å²) in [6, 6.07) is 0. The molecule has 0 bridgehead atoms. The van der Waals surface area contributed by atoms with Gasteiger partial charge in [0.05, 0.1) is 4.92 Å². The van der Waals surface area contributed by atoms with E-state index in [4.69, 9.17) is 5.73 Å². The van der Waals surface area contributed by atoms with E-state index in [9.17, 15) is 10.1 Å². The summed E-state index contributed by atoms with van der Waals surface area (Å²) in [6.07, 6.45) is 3.20. The molecule has 1 aliphatic rings. The maximum Gasteiger partial charge on any atom is 0.332 e. The number of nitrogens with zero attached hydrogens (tertiary/aromatic N) is 4. The van der Waals surface area contributed by atoms with E-state index in [1.807, 2.05) is 4.90 Å². The van der Waals surface area contributed by atoms with Crippen molar-refractivity contribution in [2.24, 2.45) is 11.8 Å². The molecular formula is C14H23N5O2. The van der Waals surface area contributed by atoms with Crippen molar-refractivity contribution in [3.63, 3.8) is 0 Å². The molecule has 0 aliphatic carbocycles. The first-order valence-corrected chi connectivity index (χ1v) is 7.43. The molecule has 1 aromatic heterocycles. The highest BCUT2D eigenvalue weighted by Crippen LogP contribution is 2.32. The first kappa shape index (κ1) is 15.5. The number of hydrogen-bond donors (Lipinski definition) is 1. The molecule has 1 atom stereocenters. The van der Waals surface area contributed by atoms with E-state index < -0.39 is 4.92 Å². The Labute approximate surface area is 124 Å². The minimum absolute atomic E-state index is 0.0211. The summed E-state index contributed by atoms with van der Waals surface area (Å²) in [4.78, 5) is 21.0. The van der Waals surface area contributed by atoms with Crippen LogP contribution in [-0.2, 0) is 0 Å². The van der Waals surface area contributed by atoms with E-state index in [0.717, 1.165) is 32.4 Å². The van der Waals surface area contributed by atoms with Crippen molar-refractivity contribution < 1.29 is 4.92 Å². The molecule has 7 nitrogen and oxygen atoms in total. The monoisotopic (exact) mass is 293 g/mol. The number of hydrogen-bond acceptors (Lipinski definition) is 6. The SMILES string of the molecule is Cc1nc(N)nc(N2CCCC(C(C)C)CC2)c1[N+](=O)[O-]. The Morgan fingerprint density at radius 2 is 2.05 bits per heavy atom. The van der Waals surface area contributed by atoms with Crippen LogP contribution >= 0.6 is 0 Å². The third kappa shape index (κ3) is 3.40. The van der Waals surface area contributed by atoms with Crippen molar-refractivity contribution in [2.45, 2.75) is 40.0 Å². The van der Waals surface area contributed by atoms with E-state index in [0.29, 0.717) is 23.3 Å². The summed E-state index contributed by atoms with van der Waals surface area (Å²) >= 11 is 0. The second-order valence-corrected chi connectivity index (χ2v) is 6.02. The van der Waals surface area contributed by atoms with Crippen LogP contribution in [0.2, 0.25) is 0 Å². The minimum Gasteiger partial charge on any atom is -0.368 e. The van der Waals surface area contributed by atoms with E-state index >= 15 is 0 Å². The van der Waals surface area contributed by atoms with Crippen molar-refractivity contribution >= 4 is 17.5 Å². The molecule has 2 N–H and O–H groups in total. The zero-order chi connectivity index (χ0) is 15.6. The molecule has 116 valence electrons. The van der Waals surface area contributed by atoms with Gasteiger partial charge in [0.2, 0.25) is 11.8 Å². The predicted molar refractivity (Wildman–Crippen MR) is 82.2 cm³/mol. The molecule has 2 heterocycles. The summed E-state index contributed by atoms with van der Waals surface area (Å²) < 4.78 is 0. The summed E-state index contributed by atoms with van der Waals surface area (Å²) in [6.45, 7) is 7.62. The van der Waals surface area contributed by atoms with Crippen LogP contribution in [0.3, 0.4) is 0 Å². The van der Waals surface area contributed by atoms with Gasteiger partial charge in [-0.3, -0.25) is 10.1 Å². The van der Waals surface area contributed by atoms with Crippen LogP contribution in [0.5, 0.6) is 0 Å². The van der Waals surface area contributed by atoms with E-state index in [-0.39, 0.29) is 11.6 Å². The molecule has 7 heteroatoms. The molecule has 1 aliphatic heterocycles. The highest BCUT2D eigenvalue weighted by Gasteiger charge is 2.28. The highest BCUT2D eigenvalue weighted by atomic mass is 16.6. The fourth-order valence-electron chi connectivity index (χ4n) is 3.01. The zero-order valence-corrected chi connectivity index (χ0v) is 12.9. The van der Waals surface area contributed by atoms with Crippen molar-refractivity contribution in [1.82, 2.24) is 9.97 Å². The van der Waals surface area contributed by atoms with Crippen molar-refractivity contribution in [3.05, 3.63) is 15.8 Å². The minimum atomic E-state index is -0.408. The second kappa shape index (κ2) is 6.24. The molecule has 1 fully saturated rings. The fourth-order valence-corrected chi connectivity index (χ4v) is 3.01. The molecule has 0 spiro atoms. The number of aromatic nitrogens is 2. The van der Waals surface area contributed by atoms with Crippen molar-refractivity contribution in [3.8, 4) is 0 Å². The molecular weight excluding hydrogens is 270 g/mol. The molecule has 21 heavy (non-hydrogen) atoms. The van der Waals surface area contributed by atoms with Gasteiger partial charge in [0.1, 0.15) is 5.69 Å².